The zero-order chi connectivity index (χ0) is 21.4. The summed E-state index contributed by atoms with van der Waals surface area (Å²) in [5, 5.41) is 18.0. The van der Waals surface area contributed by atoms with Gasteiger partial charge in [-0.15, -0.1) is 5.10 Å². The molecule has 0 bridgehead atoms. The van der Waals surface area contributed by atoms with Crippen molar-refractivity contribution >= 4 is 0 Å². The molecule has 2 aliphatic rings. The van der Waals surface area contributed by atoms with E-state index in [2.05, 4.69) is 16.4 Å². The van der Waals surface area contributed by atoms with E-state index in [9.17, 15) is 9.50 Å². The zero-order valence-electron chi connectivity index (χ0n) is 17.4. The number of aliphatic hydroxyl groups is 1. The van der Waals surface area contributed by atoms with Crippen LogP contribution >= 0.6 is 0 Å². The lowest BCUT2D eigenvalue weighted by atomic mass is 9.76. The second-order valence-corrected chi connectivity index (χ2v) is 8.56. The van der Waals surface area contributed by atoms with Crippen LogP contribution in [-0.4, -0.2) is 46.0 Å². The average Bonchev–Trinajstić information content (AvgIpc) is 3.55. The summed E-state index contributed by atoms with van der Waals surface area (Å²) in [7, 11) is 1.68. The number of ether oxygens (including phenoxy) is 2. The lowest BCUT2D eigenvalue weighted by Crippen LogP contribution is -2.34. The van der Waals surface area contributed by atoms with E-state index < -0.39 is 0 Å². The van der Waals surface area contributed by atoms with E-state index in [1.807, 2.05) is 30.5 Å². The topological polar surface area (TPSA) is 69.4 Å². The molecule has 5 rings (SSSR count). The zero-order valence-corrected chi connectivity index (χ0v) is 17.4. The minimum absolute atomic E-state index is 0.0348. The predicted octanol–water partition coefficient (Wildman–Crippen LogP) is 3.84. The van der Waals surface area contributed by atoms with Crippen LogP contribution in [0.3, 0.4) is 0 Å². The van der Waals surface area contributed by atoms with Crippen molar-refractivity contribution in [3.05, 3.63) is 71.8 Å². The van der Waals surface area contributed by atoms with Crippen LogP contribution in [0.2, 0.25) is 0 Å². The maximum atomic E-state index is 13.5. The van der Waals surface area contributed by atoms with Crippen LogP contribution in [0.1, 0.15) is 42.2 Å². The van der Waals surface area contributed by atoms with Gasteiger partial charge >= 0.3 is 0 Å². The first kappa shape index (κ1) is 20.2. The van der Waals surface area contributed by atoms with Gasteiger partial charge in [0, 0.05) is 24.0 Å². The van der Waals surface area contributed by atoms with Crippen molar-refractivity contribution in [3.63, 3.8) is 0 Å². The SMILES string of the molecule is COc1ccc(-n2ccnn2)cc1C1CO[C@]2(CC[C@H](CO)[C@H]2c2ccc(F)cc2)C1. The largest absolute Gasteiger partial charge is 0.496 e. The Morgan fingerprint density at radius 2 is 2.10 bits per heavy atom. The summed E-state index contributed by atoms with van der Waals surface area (Å²) in [6.45, 7) is 0.677. The van der Waals surface area contributed by atoms with Crippen LogP contribution < -0.4 is 4.74 Å². The molecule has 2 heterocycles. The van der Waals surface area contributed by atoms with Crippen LogP contribution in [-0.2, 0) is 4.74 Å². The molecule has 2 fully saturated rings. The number of aliphatic hydroxyl groups excluding tert-OH is 1. The number of benzene rings is 2. The summed E-state index contributed by atoms with van der Waals surface area (Å²) in [5.41, 5.74) is 2.66. The molecule has 31 heavy (non-hydrogen) atoms. The summed E-state index contributed by atoms with van der Waals surface area (Å²) >= 11 is 0. The number of halogens is 1. The lowest BCUT2D eigenvalue weighted by Gasteiger charge is -2.33. The lowest BCUT2D eigenvalue weighted by molar-refractivity contribution is -0.0122. The smallest absolute Gasteiger partial charge is 0.123 e. The first-order valence-corrected chi connectivity index (χ1v) is 10.7. The molecule has 1 N–H and O–H groups in total. The third-order valence-electron chi connectivity index (χ3n) is 6.94. The van der Waals surface area contributed by atoms with E-state index in [-0.39, 0.29) is 35.8 Å². The van der Waals surface area contributed by atoms with Gasteiger partial charge in [-0.2, -0.15) is 0 Å². The van der Waals surface area contributed by atoms with Gasteiger partial charge in [0.05, 0.1) is 37.4 Å². The molecule has 1 aliphatic heterocycles. The van der Waals surface area contributed by atoms with Crippen molar-refractivity contribution in [2.45, 2.75) is 36.7 Å². The molecular formula is C24H26FN3O3. The van der Waals surface area contributed by atoms with Gasteiger partial charge in [-0.25, -0.2) is 9.07 Å². The summed E-state index contributed by atoms with van der Waals surface area (Å²) < 4.78 is 27.5. The molecule has 1 unspecified atom stereocenters. The van der Waals surface area contributed by atoms with Gasteiger partial charge in [0.2, 0.25) is 0 Å². The third kappa shape index (κ3) is 3.51. The monoisotopic (exact) mass is 423 g/mol. The van der Waals surface area contributed by atoms with Crippen molar-refractivity contribution < 1.29 is 19.0 Å². The van der Waals surface area contributed by atoms with Crippen LogP contribution in [0.4, 0.5) is 4.39 Å². The van der Waals surface area contributed by atoms with Crippen molar-refractivity contribution in [2.24, 2.45) is 5.92 Å². The summed E-state index contributed by atoms with van der Waals surface area (Å²) in [6, 6.07) is 12.7. The molecule has 1 saturated heterocycles. The van der Waals surface area contributed by atoms with E-state index in [1.165, 1.54) is 12.1 Å². The Hall–Kier alpha value is -2.77. The van der Waals surface area contributed by atoms with E-state index >= 15 is 0 Å². The molecule has 1 spiro atoms. The van der Waals surface area contributed by atoms with Gasteiger partial charge < -0.3 is 14.6 Å². The fourth-order valence-electron chi connectivity index (χ4n) is 5.55. The van der Waals surface area contributed by atoms with Gasteiger partial charge in [-0.05, 0) is 61.1 Å². The maximum absolute atomic E-state index is 13.5. The fourth-order valence-corrected chi connectivity index (χ4v) is 5.55. The highest BCUT2D eigenvalue weighted by molar-refractivity contribution is 5.46. The van der Waals surface area contributed by atoms with Crippen LogP contribution in [0, 0.1) is 11.7 Å². The van der Waals surface area contributed by atoms with Gasteiger partial charge in [-0.3, -0.25) is 0 Å². The Morgan fingerprint density at radius 1 is 1.26 bits per heavy atom. The highest BCUT2D eigenvalue weighted by Crippen LogP contribution is 2.56. The fraction of sp³-hybridized carbons (Fsp3) is 0.417. The minimum Gasteiger partial charge on any atom is -0.496 e. The van der Waals surface area contributed by atoms with Crippen LogP contribution in [0.5, 0.6) is 5.75 Å². The molecule has 4 atom stereocenters. The molecule has 2 aromatic carbocycles. The standard InChI is InChI=1S/C24H26FN3O3/c1-30-22-7-6-20(28-11-10-26-27-28)12-21(22)18-13-24(31-15-18)9-8-17(14-29)23(24)16-2-4-19(25)5-3-16/h2-7,10-12,17-18,23,29H,8-9,13-15H2,1H3/t17-,18?,23-,24-/m1/s1. The van der Waals surface area contributed by atoms with E-state index in [1.54, 1.807) is 18.0 Å². The normalized spacial score (nSPS) is 27.8. The minimum atomic E-state index is -0.371. The highest BCUT2D eigenvalue weighted by Gasteiger charge is 2.54. The summed E-state index contributed by atoms with van der Waals surface area (Å²) in [5.74, 6) is 0.861. The van der Waals surface area contributed by atoms with Crippen LogP contribution in [0.15, 0.2) is 54.9 Å². The van der Waals surface area contributed by atoms with E-state index in [0.717, 1.165) is 41.8 Å². The molecule has 0 amide bonds. The van der Waals surface area contributed by atoms with Crippen molar-refractivity contribution in [1.82, 2.24) is 15.0 Å². The van der Waals surface area contributed by atoms with Crippen molar-refractivity contribution in [2.75, 3.05) is 20.3 Å². The van der Waals surface area contributed by atoms with Gasteiger partial charge in [0.25, 0.3) is 0 Å². The van der Waals surface area contributed by atoms with Gasteiger partial charge in [-0.1, -0.05) is 17.3 Å². The molecule has 7 heteroatoms. The van der Waals surface area contributed by atoms with Crippen LogP contribution in [0.25, 0.3) is 5.69 Å². The molecule has 3 aromatic rings. The Balaban J connectivity index is 1.48. The second-order valence-electron chi connectivity index (χ2n) is 8.56. The Kier molecular flexibility index (Phi) is 5.24. The number of rotatable bonds is 5. The molecular weight excluding hydrogens is 397 g/mol. The average molecular weight is 423 g/mol. The van der Waals surface area contributed by atoms with Gasteiger partial charge in [0.15, 0.2) is 0 Å². The van der Waals surface area contributed by atoms with Crippen molar-refractivity contribution in [3.8, 4) is 11.4 Å². The number of nitrogens with zero attached hydrogens (tertiary/aromatic N) is 3. The molecule has 1 aromatic heterocycles. The first-order valence-electron chi connectivity index (χ1n) is 10.7. The molecule has 6 nitrogen and oxygen atoms in total. The van der Waals surface area contributed by atoms with Gasteiger partial charge in [0.1, 0.15) is 11.6 Å². The van der Waals surface area contributed by atoms with E-state index in [4.69, 9.17) is 9.47 Å². The number of hydrogen-bond donors (Lipinski definition) is 1. The second kappa shape index (κ2) is 8.05. The Labute approximate surface area is 180 Å². The number of hydrogen-bond acceptors (Lipinski definition) is 5. The number of methoxy groups -OCH3 is 1. The molecule has 1 aliphatic carbocycles. The molecule has 162 valence electrons. The summed E-state index contributed by atoms with van der Waals surface area (Å²) in [4.78, 5) is 0. The Morgan fingerprint density at radius 3 is 2.81 bits per heavy atom. The summed E-state index contributed by atoms with van der Waals surface area (Å²) in [6.07, 6.45) is 6.05. The van der Waals surface area contributed by atoms with E-state index in [0.29, 0.717) is 6.61 Å². The highest BCUT2D eigenvalue weighted by atomic mass is 19.1. The quantitative estimate of drug-likeness (QED) is 0.675. The number of aromatic nitrogens is 3. The third-order valence-corrected chi connectivity index (χ3v) is 6.94. The maximum Gasteiger partial charge on any atom is 0.123 e. The molecule has 1 saturated carbocycles. The molecule has 0 radical (unpaired) electrons. The Bertz CT molecular complexity index is 1040. The first-order chi connectivity index (χ1) is 15.1. The van der Waals surface area contributed by atoms with Crippen molar-refractivity contribution in [1.29, 1.82) is 0 Å². The predicted molar refractivity (Wildman–Crippen MR) is 113 cm³/mol.